The number of H-pyrrole nitrogens is 1. The van der Waals surface area contributed by atoms with Crippen LogP contribution in [-0.4, -0.2) is 39.6 Å². The topological polar surface area (TPSA) is 102 Å². The van der Waals surface area contributed by atoms with Crippen LogP contribution in [0.5, 0.6) is 0 Å². The Morgan fingerprint density at radius 1 is 1.50 bits per heavy atom. The molecule has 8 heteroatoms. The Morgan fingerprint density at radius 2 is 2.30 bits per heavy atom. The lowest BCUT2D eigenvalue weighted by molar-refractivity contribution is -0.138. The van der Waals surface area contributed by atoms with E-state index >= 15 is 0 Å². The molecule has 7 nitrogen and oxygen atoms in total. The van der Waals surface area contributed by atoms with E-state index in [2.05, 4.69) is 10.3 Å². The summed E-state index contributed by atoms with van der Waals surface area (Å²) in [6.07, 6.45) is 2.52. The molecule has 0 radical (unpaired) electrons. The maximum absolute atomic E-state index is 12.1. The second kappa shape index (κ2) is 6.56. The standard InChI is InChI=1S/C12H17N3O4S/c16-10(17)5-9-3-1-2-4-15(9)11(18)13-6-8-7-20-12(19)14-8/h7,9H,1-6H2,(H,13,18)(H,14,19)(H,16,17). The van der Waals surface area contributed by atoms with E-state index in [4.69, 9.17) is 5.11 Å². The predicted octanol–water partition coefficient (Wildman–Crippen LogP) is 0.975. The van der Waals surface area contributed by atoms with E-state index in [9.17, 15) is 14.4 Å². The molecule has 1 unspecified atom stereocenters. The van der Waals surface area contributed by atoms with Crippen molar-refractivity contribution in [1.82, 2.24) is 15.2 Å². The van der Waals surface area contributed by atoms with Gasteiger partial charge in [-0.3, -0.25) is 9.59 Å². The Bertz CT molecular complexity index is 539. The van der Waals surface area contributed by atoms with Gasteiger partial charge in [0.25, 0.3) is 0 Å². The molecule has 3 N–H and O–H groups in total. The summed E-state index contributed by atoms with van der Waals surface area (Å²) < 4.78 is 0. The first-order chi connectivity index (χ1) is 9.56. The lowest BCUT2D eigenvalue weighted by Gasteiger charge is -2.34. The number of likely N-dealkylation sites (tertiary alicyclic amines) is 1. The maximum Gasteiger partial charge on any atom is 0.317 e. The van der Waals surface area contributed by atoms with Gasteiger partial charge >= 0.3 is 16.9 Å². The number of nitrogens with zero attached hydrogens (tertiary/aromatic N) is 1. The average molecular weight is 299 g/mol. The molecule has 0 aliphatic carbocycles. The Kier molecular flexibility index (Phi) is 4.78. The molecule has 1 aromatic heterocycles. The summed E-state index contributed by atoms with van der Waals surface area (Å²) in [7, 11) is 0. The molecule has 2 heterocycles. The first kappa shape index (κ1) is 14.6. The van der Waals surface area contributed by atoms with Crippen LogP contribution in [0, 0.1) is 0 Å². The highest BCUT2D eigenvalue weighted by Gasteiger charge is 2.28. The zero-order valence-corrected chi connectivity index (χ0v) is 11.7. The van der Waals surface area contributed by atoms with Gasteiger partial charge in [0.1, 0.15) is 0 Å². The number of carboxylic acids is 1. The number of aliphatic carboxylic acids is 1. The Balaban J connectivity index is 1.91. The Labute approximate surface area is 119 Å². The summed E-state index contributed by atoms with van der Waals surface area (Å²) in [4.78, 5) is 38.0. The van der Waals surface area contributed by atoms with Crippen molar-refractivity contribution >= 4 is 23.3 Å². The number of nitrogens with one attached hydrogen (secondary N) is 2. The zero-order chi connectivity index (χ0) is 14.5. The number of rotatable bonds is 4. The number of carboxylic acid groups (broad SMARTS) is 1. The van der Waals surface area contributed by atoms with Crippen LogP contribution in [0.2, 0.25) is 0 Å². The van der Waals surface area contributed by atoms with Crippen LogP contribution in [0.1, 0.15) is 31.4 Å². The number of carbonyl (C=O) groups is 2. The van der Waals surface area contributed by atoms with Crippen molar-refractivity contribution in [3.63, 3.8) is 0 Å². The molecule has 1 aromatic rings. The molecule has 1 saturated heterocycles. The fourth-order valence-electron chi connectivity index (χ4n) is 2.35. The minimum atomic E-state index is -0.892. The molecule has 0 saturated carbocycles. The maximum atomic E-state index is 12.1. The van der Waals surface area contributed by atoms with E-state index in [1.807, 2.05) is 0 Å². The Hall–Kier alpha value is -1.83. The molecular weight excluding hydrogens is 282 g/mol. The quantitative estimate of drug-likeness (QED) is 0.771. The summed E-state index contributed by atoms with van der Waals surface area (Å²) in [5, 5.41) is 13.3. The molecule has 1 aliphatic heterocycles. The number of urea groups is 1. The molecular formula is C12H17N3O4S. The van der Waals surface area contributed by atoms with Crippen molar-refractivity contribution in [1.29, 1.82) is 0 Å². The van der Waals surface area contributed by atoms with Gasteiger partial charge in [0, 0.05) is 23.7 Å². The minimum absolute atomic E-state index is 0.0251. The second-order valence-corrected chi connectivity index (χ2v) is 5.62. The van der Waals surface area contributed by atoms with Crippen molar-refractivity contribution in [3.05, 3.63) is 20.7 Å². The van der Waals surface area contributed by atoms with E-state index in [1.165, 1.54) is 0 Å². The Morgan fingerprint density at radius 3 is 2.95 bits per heavy atom. The third-order valence-electron chi connectivity index (χ3n) is 3.30. The fourth-order valence-corrected chi connectivity index (χ4v) is 2.94. The highest BCUT2D eigenvalue weighted by atomic mass is 32.1. The van der Waals surface area contributed by atoms with Gasteiger partial charge < -0.3 is 20.3 Å². The molecule has 0 spiro atoms. The molecule has 2 amide bonds. The van der Waals surface area contributed by atoms with Gasteiger partial charge in [0.15, 0.2) is 0 Å². The van der Waals surface area contributed by atoms with Gasteiger partial charge in [-0.15, -0.1) is 0 Å². The molecule has 1 fully saturated rings. The lowest BCUT2D eigenvalue weighted by Crippen LogP contribution is -2.49. The molecule has 1 atom stereocenters. The third kappa shape index (κ3) is 3.83. The van der Waals surface area contributed by atoms with Gasteiger partial charge in [-0.1, -0.05) is 11.3 Å². The normalized spacial score (nSPS) is 18.8. The van der Waals surface area contributed by atoms with Gasteiger partial charge in [-0.05, 0) is 19.3 Å². The smallest absolute Gasteiger partial charge is 0.317 e. The van der Waals surface area contributed by atoms with Crippen molar-refractivity contribution in [2.24, 2.45) is 0 Å². The monoisotopic (exact) mass is 299 g/mol. The van der Waals surface area contributed by atoms with Crippen molar-refractivity contribution in [3.8, 4) is 0 Å². The van der Waals surface area contributed by atoms with E-state index in [1.54, 1.807) is 10.3 Å². The summed E-state index contributed by atoms with van der Waals surface area (Å²) in [6.45, 7) is 0.817. The average Bonchev–Trinajstić information content (AvgIpc) is 2.82. The highest BCUT2D eigenvalue weighted by Crippen LogP contribution is 2.19. The van der Waals surface area contributed by atoms with Crippen LogP contribution in [0.3, 0.4) is 0 Å². The first-order valence-corrected chi connectivity index (χ1v) is 7.37. The first-order valence-electron chi connectivity index (χ1n) is 6.49. The van der Waals surface area contributed by atoms with Crippen molar-refractivity contribution < 1.29 is 14.7 Å². The summed E-state index contributed by atoms with van der Waals surface area (Å²) in [6, 6.07) is -0.522. The van der Waals surface area contributed by atoms with Crippen LogP contribution in [-0.2, 0) is 11.3 Å². The lowest BCUT2D eigenvalue weighted by atomic mass is 10.00. The minimum Gasteiger partial charge on any atom is -0.481 e. The zero-order valence-electron chi connectivity index (χ0n) is 10.9. The van der Waals surface area contributed by atoms with E-state index in [0.717, 1.165) is 30.6 Å². The molecule has 110 valence electrons. The van der Waals surface area contributed by atoms with Crippen LogP contribution >= 0.6 is 11.3 Å². The molecule has 1 aliphatic rings. The second-order valence-electron chi connectivity index (χ2n) is 4.77. The van der Waals surface area contributed by atoms with Crippen LogP contribution < -0.4 is 10.2 Å². The van der Waals surface area contributed by atoms with Gasteiger partial charge in [-0.2, -0.15) is 0 Å². The summed E-state index contributed by atoms with van der Waals surface area (Å²) in [5.74, 6) is -0.892. The van der Waals surface area contributed by atoms with Gasteiger partial charge in [0.05, 0.1) is 13.0 Å². The SMILES string of the molecule is O=C(O)CC1CCCCN1C(=O)NCc1csc(=O)[nH]1. The molecule has 2 rings (SSSR count). The summed E-state index contributed by atoms with van der Waals surface area (Å²) in [5.41, 5.74) is 0.653. The number of aromatic amines is 1. The van der Waals surface area contributed by atoms with Crippen LogP contribution in [0.4, 0.5) is 4.79 Å². The van der Waals surface area contributed by atoms with Crippen molar-refractivity contribution in [2.75, 3.05) is 6.54 Å². The predicted molar refractivity (Wildman–Crippen MR) is 73.8 cm³/mol. The molecule has 0 aromatic carbocycles. The van der Waals surface area contributed by atoms with E-state index in [-0.39, 0.29) is 29.9 Å². The number of hydrogen-bond acceptors (Lipinski definition) is 4. The molecule has 0 bridgehead atoms. The number of carbonyl (C=O) groups excluding carboxylic acids is 1. The number of aromatic nitrogens is 1. The fraction of sp³-hybridized carbons (Fsp3) is 0.583. The van der Waals surface area contributed by atoms with E-state index in [0.29, 0.717) is 12.2 Å². The number of thiazole rings is 1. The summed E-state index contributed by atoms with van der Waals surface area (Å²) >= 11 is 1.05. The number of piperidine rings is 1. The third-order valence-corrected chi connectivity index (χ3v) is 4.02. The van der Waals surface area contributed by atoms with Crippen LogP contribution in [0.15, 0.2) is 10.2 Å². The molecule has 20 heavy (non-hydrogen) atoms. The number of amides is 2. The largest absolute Gasteiger partial charge is 0.481 e. The number of hydrogen-bond donors (Lipinski definition) is 3. The van der Waals surface area contributed by atoms with E-state index < -0.39 is 5.97 Å². The van der Waals surface area contributed by atoms with Crippen LogP contribution in [0.25, 0.3) is 0 Å². The van der Waals surface area contributed by atoms with Gasteiger partial charge in [-0.25, -0.2) is 4.79 Å². The van der Waals surface area contributed by atoms with Crippen molar-refractivity contribution in [2.45, 2.75) is 38.3 Å². The highest BCUT2D eigenvalue weighted by molar-refractivity contribution is 7.07. The van der Waals surface area contributed by atoms with Gasteiger partial charge in [0.2, 0.25) is 0 Å².